The first-order valence-electron chi connectivity index (χ1n) is 7.30. The maximum atomic E-state index is 5.54. The van der Waals surface area contributed by atoms with Gasteiger partial charge < -0.3 is 14.8 Å². The molecule has 1 aromatic rings. The van der Waals surface area contributed by atoms with Crippen LogP contribution in [0.25, 0.3) is 0 Å². The number of hydrogen-bond acceptors (Lipinski definition) is 3. The van der Waals surface area contributed by atoms with Gasteiger partial charge in [-0.15, -0.1) is 12.4 Å². The van der Waals surface area contributed by atoms with Gasteiger partial charge in [0.15, 0.2) is 11.5 Å². The van der Waals surface area contributed by atoms with Crippen LogP contribution >= 0.6 is 12.4 Å². The zero-order valence-corrected chi connectivity index (χ0v) is 13.1. The van der Waals surface area contributed by atoms with Gasteiger partial charge >= 0.3 is 0 Å². The van der Waals surface area contributed by atoms with E-state index < -0.39 is 0 Å². The van der Waals surface area contributed by atoms with Crippen LogP contribution in [0.1, 0.15) is 36.8 Å². The molecule has 0 bridgehead atoms. The molecule has 1 saturated carbocycles. The fourth-order valence-corrected chi connectivity index (χ4v) is 3.23. The molecule has 0 aliphatic heterocycles. The molecule has 1 fully saturated rings. The van der Waals surface area contributed by atoms with E-state index in [2.05, 4.69) is 11.4 Å². The SMILES string of the molecule is COc1ccc2c(c1OC)CCC(NC1CCC1)C2.Cl. The van der Waals surface area contributed by atoms with E-state index in [1.807, 2.05) is 6.07 Å². The molecule has 2 aliphatic carbocycles. The molecule has 20 heavy (non-hydrogen) atoms. The maximum Gasteiger partial charge on any atom is 0.164 e. The molecule has 112 valence electrons. The van der Waals surface area contributed by atoms with Gasteiger partial charge in [0.05, 0.1) is 14.2 Å². The van der Waals surface area contributed by atoms with Crippen LogP contribution in [0.3, 0.4) is 0 Å². The maximum absolute atomic E-state index is 5.54. The summed E-state index contributed by atoms with van der Waals surface area (Å²) in [5.41, 5.74) is 2.76. The van der Waals surface area contributed by atoms with Crippen molar-refractivity contribution in [1.29, 1.82) is 0 Å². The summed E-state index contributed by atoms with van der Waals surface area (Å²) in [6.45, 7) is 0. The number of rotatable bonds is 4. The third-order valence-corrected chi connectivity index (χ3v) is 4.53. The second-order valence-electron chi connectivity index (χ2n) is 5.67. The molecule has 3 rings (SSSR count). The number of hydrogen-bond donors (Lipinski definition) is 1. The van der Waals surface area contributed by atoms with Gasteiger partial charge in [-0.2, -0.15) is 0 Å². The van der Waals surface area contributed by atoms with E-state index in [-0.39, 0.29) is 12.4 Å². The van der Waals surface area contributed by atoms with Crippen molar-refractivity contribution in [3.63, 3.8) is 0 Å². The lowest BCUT2D eigenvalue weighted by molar-refractivity contribution is 0.287. The van der Waals surface area contributed by atoms with Crippen LogP contribution in [0.5, 0.6) is 11.5 Å². The fourth-order valence-electron chi connectivity index (χ4n) is 3.23. The zero-order chi connectivity index (χ0) is 13.2. The number of benzene rings is 1. The molecule has 2 aliphatic rings. The Labute approximate surface area is 127 Å². The second-order valence-corrected chi connectivity index (χ2v) is 5.67. The van der Waals surface area contributed by atoms with Crippen LogP contribution < -0.4 is 14.8 Å². The normalized spacial score (nSPS) is 21.4. The number of fused-ring (bicyclic) bond motifs is 1. The summed E-state index contributed by atoms with van der Waals surface area (Å²) in [7, 11) is 3.44. The highest BCUT2D eigenvalue weighted by Gasteiger charge is 2.26. The lowest BCUT2D eigenvalue weighted by Crippen LogP contribution is -2.44. The van der Waals surface area contributed by atoms with Gasteiger partial charge in [0.2, 0.25) is 0 Å². The Balaban J connectivity index is 0.00000147. The van der Waals surface area contributed by atoms with Crippen LogP contribution in [0.4, 0.5) is 0 Å². The first-order valence-corrected chi connectivity index (χ1v) is 7.30. The largest absolute Gasteiger partial charge is 0.493 e. The molecule has 0 aromatic heterocycles. The van der Waals surface area contributed by atoms with Crippen LogP contribution in [-0.4, -0.2) is 26.3 Å². The summed E-state index contributed by atoms with van der Waals surface area (Å²) in [6, 6.07) is 5.64. The Morgan fingerprint density at radius 1 is 1.05 bits per heavy atom. The van der Waals surface area contributed by atoms with Gasteiger partial charge in [-0.3, -0.25) is 0 Å². The molecule has 1 aromatic carbocycles. The third-order valence-electron chi connectivity index (χ3n) is 4.53. The van der Waals surface area contributed by atoms with Crippen LogP contribution in [0, 0.1) is 0 Å². The van der Waals surface area contributed by atoms with Crippen molar-refractivity contribution in [3.05, 3.63) is 23.3 Å². The zero-order valence-electron chi connectivity index (χ0n) is 12.3. The number of nitrogens with one attached hydrogen (secondary N) is 1. The van der Waals surface area contributed by atoms with Crippen molar-refractivity contribution in [2.75, 3.05) is 14.2 Å². The van der Waals surface area contributed by atoms with Crippen molar-refractivity contribution >= 4 is 12.4 Å². The molecule has 1 atom stereocenters. The molecule has 1 N–H and O–H groups in total. The number of ether oxygens (including phenoxy) is 2. The summed E-state index contributed by atoms with van der Waals surface area (Å²) in [5.74, 6) is 1.79. The van der Waals surface area contributed by atoms with Gasteiger partial charge in [0.25, 0.3) is 0 Å². The lowest BCUT2D eigenvalue weighted by atomic mass is 9.85. The van der Waals surface area contributed by atoms with E-state index in [0.717, 1.165) is 30.4 Å². The summed E-state index contributed by atoms with van der Waals surface area (Å²) >= 11 is 0. The van der Waals surface area contributed by atoms with Crippen LogP contribution in [0.15, 0.2) is 12.1 Å². The summed E-state index contributed by atoms with van der Waals surface area (Å²) in [6.07, 6.45) is 7.51. The average molecular weight is 298 g/mol. The first-order chi connectivity index (χ1) is 9.31. The number of halogens is 1. The third kappa shape index (κ3) is 2.89. The molecule has 1 unspecified atom stereocenters. The monoisotopic (exact) mass is 297 g/mol. The van der Waals surface area contributed by atoms with Crippen LogP contribution in [0.2, 0.25) is 0 Å². The molecule has 0 heterocycles. The Morgan fingerprint density at radius 2 is 1.85 bits per heavy atom. The van der Waals surface area contributed by atoms with E-state index in [1.54, 1.807) is 14.2 Å². The molecule has 0 radical (unpaired) electrons. The van der Waals surface area contributed by atoms with E-state index in [0.29, 0.717) is 6.04 Å². The molecule has 4 heteroatoms. The lowest BCUT2D eigenvalue weighted by Gasteiger charge is -2.34. The van der Waals surface area contributed by atoms with Gasteiger partial charge in [-0.1, -0.05) is 12.5 Å². The topological polar surface area (TPSA) is 30.5 Å². The molecule has 0 amide bonds. The second kappa shape index (κ2) is 6.68. The standard InChI is InChI=1S/C16H23NO2.ClH/c1-18-15-9-6-11-10-13(17-12-4-3-5-12)7-8-14(11)16(15)19-2;/h6,9,12-13,17H,3-5,7-8,10H2,1-2H3;1H. The highest BCUT2D eigenvalue weighted by atomic mass is 35.5. The Hall–Kier alpha value is -0.930. The summed E-state index contributed by atoms with van der Waals surface area (Å²) in [4.78, 5) is 0. The minimum atomic E-state index is 0. The van der Waals surface area contributed by atoms with Gasteiger partial charge in [0.1, 0.15) is 0 Å². The van der Waals surface area contributed by atoms with E-state index in [4.69, 9.17) is 9.47 Å². The quantitative estimate of drug-likeness (QED) is 0.926. The Kier molecular flexibility index (Phi) is 5.17. The Bertz CT molecular complexity index is 460. The van der Waals surface area contributed by atoms with Gasteiger partial charge in [-0.25, -0.2) is 0 Å². The average Bonchev–Trinajstić information content (AvgIpc) is 2.41. The first kappa shape index (κ1) is 15.5. The minimum Gasteiger partial charge on any atom is -0.493 e. The van der Waals surface area contributed by atoms with Crippen LogP contribution in [-0.2, 0) is 12.8 Å². The van der Waals surface area contributed by atoms with E-state index in [1.165, 1.54) is 36.8 Å². The minimum absolute atomic E-state index is 0. The van der Waals surface area contributed by atoms with E-state index >= 15 is 0 Å². The van der Waals surface area contributed by atoms with E-state index in [9.17, 15) is 0 Å². The molecule has 0 spiro atoms. The molecule has 3 nitrogen and oxygen atoms in total. The van der Waals surface area contributed by atoms with Crippen molar-refractivity contribution < 1.29 is 9.47 Å². The number of methoxy groups -OCH3 is 2. The summed E-state index contributed by atoms with van der Waals surface area (Å²) < 4.78 is 10.9. The molecule has 0 saturated heterocycles. The van der Waals surface area contributed by atoms with Crippen molar-refractivity contribution in [3.8, 4) is 11.5 Å². The highest BCUT2D eigenvalue weighted by Crippen LogP contribution is 2.37. The predicted molar refractivity (Wildman–Crippen MR) is 83.4 cm³/mol. The van der Waals surface area contributed by atoms with Gasteiger partial charge in [0, 0.05) is 17.6 Å². The molecular formula is C16H24ClNO2. The smallest absolute Gasteiger partial charge is 0.164 e. The van der Waals surface area contributed by atoms with Crippen molar-refractivity contribution in [2.24, 2.45) is 0 Å². The van der Waals surface area contributed by atoms with Crippen molar-refractivity contribution in [2.45, 2.75) is 50.6 Å². The summed E-state index contributed by atoms with van der Waals surface area (Å²) in [5, 5.41) is 3.79. The van der Waals surface area contributed by atoms with Crippen molar-refractivity contribution in [1.82, 2.24) is 5.32 Å². The molecular weight excluding hydrogens is 274 g/mol. The Morgan fingerprint density at radius 3 is 2.45 bits per heavy atom. The fraction of sp³-hybridized carbons (Fsp3) is 0.625. The highest BCUT2D eigenvalue weighted by molar-refractivity contribution is 5.85. The van der Waals surface area contributed by atoms with Gasteiger partial charge in [-0.05, 0) is 43.7 Å². The predicted octanol–water partition coefficient (Wildman–Crippen LogP) is 3.13.